The number of H-pyrrole nitrogens is 1. The number of ether oxygens (including phenoxy) is 2. The Hall–Kier alpha value is -3.05. The average molecular weight is 427 g/mol. The molecule has 3 N–H and O–H groups in total. The highest BCUT2D eigenvalue weighted by Gasteiger charge is 2.40. The van der Waals surface area contributed by atoms with Gasteiger partial charge in [-0.1, -0.05) is 28.1 Å². The molecule has 0 radical (unpaired) electrons. The van der Waals surface area contributed by atoms with Crippen molar-refractivity contribution in [2.45, 2.75) is 12.6 Å². The van der Waals surface area contributed by atoms with Crippen LogP contribution < -0.4 is 25.1 Å². The first-order valence-electron chi connectivity index (χ1n) is 8.23. The van der Waals surface area contributed by atoms with Crippen LogP contribution in [0.3, 0.4) is 0 Å². The second-order valence-corrected chi connectivity index (χ2v) is 7.25. The number of halogens is 1. The number of nitrogens with zero attached hydrogens (tertiary/aromatic N) is 2. The molecule has 1 aliphatic rings. The summed E-state index contributed by atoms with van der Waals surface area (Å²) < 4.78 is 11.8. The molecule has 0 bridgehead atoms. The molecule has 0 amide bonds. The van der Waals surface area contributed by atoms with Gasteiger partial charge in [-0.15, -0.1) is 0 Å². The van der Waals surface area contributed by atoms with E-state index in [1.165, 1.54) is 7.11 Å². The average Bonchev–Trinajstić information content (AvgIpc) is 2.67. The minimum Gasteiger partial charge on any atom is -0.481 e. The quantitative estimate of drug-likeness (QED) is 0.666. The number of benzene rings is 1. The van der Waals surface area contributed by atoms with Gasteiger partial charge in [0, 0.05) is 28.4 Å². The van der Waals surface area contributed by atoms with E-state index in [0.717, 1.165) is 21.2 Å². The molecule has 0 saturated carbocycles. The predicted octanol–water partition coefficient (Wildman–Crippen LogP) is 3.41. The van der Waals surface area contributed by atoms with Crippen molar-refractivity contribution in [3.8, 4) is 17.8 Å². The van der Waals surface area contributed by atoms with Crippen LogP contribution in [0.1, 0.15) is 18.1 Å². The highest BCUT2D eigenvalue weighted by atomic mass is 79.9. The van der Waals surface area contributed by atoms with Gasteiger partial charge in [-0.05, 0) is 12.1 Å². The van der Waals surface area contributed by atoms with Gasteiger partial charge in [-0.3, -0.25) is 0 Å². The maximum atomic E-state index is 9.63. The van der Waals surface area contributed by atoms with Gasteiger partial charge < -0.3 is 14.8 Å². The van der Waals surface area contributed by atoms with Gasteiger partial charge in [0.05, 0.1) is 14.2 Å². The standard InChI is InChI=1S/C19H16BrN5O2/c1-19(10-4-6-11(20)7-5-10)24-16-15-12(8-14(22-16)26-2)13(9-21)18(27-3)23-17(15)25-19/h4-8H,1-3H3,(H,22,24)(H,23,25)/p+1/t19-/m1/s1. The molecular formula is C19H17BrN5O2+. The second kappa shape index (κ2) is 6.28. The summed E-state index contributed by atoms with van der Waals surface area (Å²) in [5, 5.41) is 18.0. The summed E-state index contributed by atoms with van der Waals surface area (Å²) in [5.74, 6) is 2.14. The minimum atomic E-state index is -0.629. The zero-order valence-electron chi connectivity index (χ0n) is 15.0. The zero-order chi connectivity index (χ0) is 19.2. The molecule has 8 heteroatoms. The lowest BCUT2D eigenvalue weighted by Gasteiger charge is -2.33. The van der Waals surface area contributed by atoms with Crippen molar-refractivity contribution in [1.29, 1.82) is 5.26 Å². The number of aromatic amines is 1. The van der Waals surface area contributed by atoms with E-state index in [1.54, 1.807) is 13.2 Å². The molecule has 4 rings (SSSR count). The van der Waals surface area contributed by atoms with Crippen LogP contribution in [-0.4, -0.2) is 19.2 Å². The summed E-state index contributed by atoms with van der Waals surface area (Å²) in [6.45, 7) is 2.02. The number of pyridine rings is 2. The van der Waals surface area contributed by atoms with Crippen molar-refractivity contribution in [3.05, 3.63) is 45.9 Å². The first-order chi connectivity index (χ1) is 13.0. The van der Waals surface area contributed by atoms with Gasteiger partial charge in [-0.25, -0.2) is 10.3 Å². The van der Waals surface area contributed by atoms with Crippen molar-refractivity contribution in [2.75, 3.05) is 24.9 Å². The maximum Gasteiger partial charge on any atom is 0.300 e. The number of nitriles is 1. The normalized spacial score (nSPS) is 17.6. The summed E-state index contributed by atoms with van der Waals surface area (Å²) >= 11 is 3.47. The maximum absolute atomic E-state index is 9.63. The van der Waals surface area contributed by atoms with Crippen LogP contribution in [0, 0.1) is 11.3 Å². The van der Waals surface area contributed by atoms with Crippen molar-refractivity contribution in [1.82, 2.24) is 4.98 Å². The molecule has 0 fully saturated rings. The Labute approximate surface area is 164 Å². The monoisotopic (exact) mass is 426 g/mol. The van der Waals surface area contributed by atoms with Crippen LogP contribution in [0.15, 0.2) is 34.8 Å². The molecule has 0 unspecified atom stereocenters. The highest BCUT2D eigenvalue weighted by Crippen LogP contribution is 2.42. The smallest absolute Gasteiger partial charge is 0.300 e. The zero-order valence-corrected chi connectivity index (χ0v) is 16.6. The largest absolute Gasteiger partial charge is 0.481 e. The molecule has 0 saturated heterocycles. The molecule has 1 aromatic carbocycles. The van der Waals surface area contributed by atoms with E-state index in [-0.39, 0.29) is 0 Å². The van der Waals surface area contributed by atoms with Crippen LogP contribution in [-0.2, 0) is 5.66 Å². The molecule has 7 nitrogen and oxygen atoms in total. The van der Waals surface area contributed by atoms with Gasteiger partial charge >= 0.3 is 5.88 Å². The Balaban J connectivity index is 1.98. The number of hydrogen-bond acceptors (Lipinski definition) is 6. The third-order valence-corrected chi connectivity index (χ3v) is 5.20. The second-order valence-electron chi connectivity index (χ2n) is 6.34. The number of methoxy groups -OCH3 is 2. The summed E-state index contributed by atoms with van der Waals surface area (Å²) in [6.07, 6.45) is 0. The molecule has 1 atom stereocenters. The van der Waals surface area contributed by atoms with E-state index in [1.807, 2.05) is 31.2 Å². The molecule has 1 aliphatic heterocycles. The lowest BCUT2D eigenvalue weighted by Crippen LogP contribution is -2.44. The number of nitrogens with one attached hydrogen (secondary N) is 3. The van der Waals surface area contributed by atoms with Crippen LogP contribution in [0.2, 0.25) is 0 Å². The number of hydrogen-bond donors (Lipinski definition) is 2. The topological polar surface area (TPSA) is 93.3 Å². The Morgan fingerprint density at radius 2 is 1.93 bits per heavy atom. The number of aromatic nitrogens is 2. The molecule has 3 heterocycles. The molecular weight excluding hydrogens is 410 g/mol. The van der Waals surface area contributed by atoms with E-state index in [4.69, 9.17) is 9.47 Å². The number of rotatable bonds is 3. The van der Waals surface area contributed by atoms with Crippen molar-refractivity contribution >= 4 is 38.3 Å². The van der Waals surface area contributed by atoms with Crippen LogP contribution >= 0.6 is 15.9 Å². The lowest BCUT2D eigenvalue weighted by atomic mass is 9.97. The van der Waals surface area contributed by atoms with Crippen molar-refractivity contribution in [3.63, 3.8) is 0 Å². The van der Waals surface area contributed by atoms with Crippen LogP contribution in [0.5, 0.6) is 11.8 Å². The van der Waals surface area contributed by atoms with E-state index in [9.17, 15) is 5.26 Å². The van der Waals surface area contributed by atoms with Crippen LogP contribution in [0.4, 0.5) is 11.6 Å². The summed E-state index contributed by atoms with van der Waals surface area (Å²) in [5.41, 5.74) is 0.787. The van der Waals surface area contributed by atoms with Gasteiger partial charge in [0.2, 0.25) is 11.5 Å². The third-order valence-electron chi connectivity index (χ3n) is 4.67. The number of anilines is 2. The molecule has 136 valence electrons. The Morgan fingerprint density at radius 1 is 1.19 bits per heavy atom. The van der Waals surface area contributed by atoms with Crippen LogP contribution in [0.25, 0.3) is 10.8 Å². The summed E-state index contributed by atoms with van der Waals surface area (Å²) in [4.78, 5) is 7.75. The van der Waals surface area contributed by atoms with Gasteiger partial charge in [0.15, 0.2) is 0 Å². The third kappa shape index (κ3) is 2.71. The predicted molar refractivity (Wildman–Crippen MR) is 105 cm³/mol. The molecule has 3 aromatic rings. The molecule has 0 aliphatic carbocycles. The van der Waals surface area contributed by atoms with Gasteiger partial charge in [-0.2, -0.15) is 10.2 Å². The minimum absolute atomic E-state index is 0.381. The Bertz CT molecular complexity index is 1080. The highest BCUT2D eigenvalue weighted by molar-refractivity contribution is 9.10. The molecule has 2 aromatic heterocycles. The first-order valence-corrected chi connectivity index (χ1v) is 9.03. The lowest BCUT2D eigenvalue weighted by molar-refractivity contribution is -0.376. The fraction of sp³-hybridized carbons (Fsp3) is 0.211. The fourth-order valence-electron chi connectivity index (χ4n) is 3.33. The summed E-state index contributed by atoms with van der Waals surface area (Å²) in [6, 6.07) is 11.9. The van der Waals surface area contributed by atoms with Gasteiger partial charge in [0.25, 0.3) is 5.82 Å². The van der Waals surface area contributed by atoms with Gasteiger partial charge in [0.1, 0.15) is 22.8 Å². The van der Waals surface area contributed by atoms with Crippen molar-refractivity contribution < 1.29 is 14.5 Å². The fourth-order valence-corrected chi connectivity index (χ4v) is 3.60. The first kappa shape index (κ1) is 17.4. The van der Waals surface area contributed by atoms with E-state index in [2.05, 4.69) is 42.6 Å². The van der Waals surface area contributed by atoms with Crippen molar-refractivity contribution in [2.24, 2.45) is 0 Å². The Kier molecular flexibility index (Phi) is 4.04. The summed E-state index contributed by atoms with van der Waals surface area (Å²) in [7, 11) is 3.08. The van der Waals surface area contributed by atoms with E-state index < -0.39 is 5.66 Å². The Morgan fingerprint density at radius 3 is 2.56 bits per heavy atom. The molecule has 27 heavy (non-hydrogen) atoms. The van der Waals surface area contributed by atoms with E-state index >= 15 is 0 Å². The SMILES string of the molecule is COc1cc2c(C#N)c(OC)[nH+]c3c2c(n1)N[C@@](C)(c1ccc(Br)cc1)N3. The van der Waals surface area contributed by atoms with E-state index in [0.29, 0.717) is 28.5 Å². The molecule has 0 spiro atoms.